The number of fused-ring (bicyclic) bond motifs is 1. The Labute approximate surface area is 93.9 Å². The number of aryl methyl sites for hydroxylation is 1. The number of nitroso groups, excluding NO2 is 1. The van der Waals surface area contributed by atoms with Crippen LogP contribution in [0, 0.1) is 11.8 Å². The summed E-state index contributed by atoms with van der Waals surface area (Å²) in [5.74, 6) is -0.534. The Bertz CT molecular complexity index is 650. The molecule has 0 aliphatic heterocycles. The molecule has 0 amide bonds. The number of rotatable bonds is 1. The molecule has 0 radical (unpaired) electrons. The summed E-state index contributed by atoms with van der Waals surface area (Å²) in [5, 5.41) is 12.4. The van der Waals surface area contributed by atoms with Crippen LogP contribution >= 0.6 is 11.6 Å². The molecule has 2 aromatic rings. The molecule has 0 spiro atoms. The third-order valence-electron chi connectivity index (χ3n) is 2.15. The van der Waals surface area contributed by atoms with Gasteiger partial charge in [0.25, 0.3) is 5.56 Å². The molecule has 0 saturated heterocycles. The minimum Gasteiger partial charge on any atom is -0.504 e. The first-order valence-electron chi connectivity index (χ1n) is 4.30. The highest BCUT2D eigenvalue weighted by atomic mass is 35.5. The second kappa shape index (κ2) is 3.57. The fourth-order valence-corrected chi connectivity index (χ4v) is 1.49. The lowest BCUT2D eigenvalue weighted by Gasteiger charge is -2.04. The SMILES string of the molecule is Cc1nc2c(O)c(N=O)c(=O)[nH]c2cc1Cl. The molecule has 2 rings (SSSR count). The number of aromatic hydroxyl groups is 1. The lowest BCUT2D eigenvalue weighted by atomic mass is 10.2. The first-order chi connectivity index (χ1) is 7.54. The monoisotopic (exact) mass is 239 g/mol. The van der Waals surface area contributed by atoms with Gasteiger partial charge in [0.05, 0.1) is 16.2 Å². The molecule has 2 aromatic heterocycles. The van der Waals surface area contributed by atoms with Crippen molar-refractivity contribution in [3.05, 3.63) is 32.0 Å². The molecule has 0 atom stereocenters. The Morgan fingerprint density at radius 2 is 2.25 bits per heavy atom. The highest BCUT2D eigenvalue weighted by molar-refractivity contribution is 6.31. The standard InChI is InChI=1S/C9H6ClN3O3/c1-3-4(10)2-5-6(11-3)8(14)7(13-16)9(15)12-5/h2H,1H3,(H2,12,14,15). The predicted octanol–water partition coefficient (Wildman–Crippen LogP) is 1.99. The molecule has 2 N–H and O–H groups in total. The molecule has 0 bridgehead atoms. The van der Waals surface area contributed by atoms with Crippen LogP contribution < -0.4 is 5.56 Å². The van der Waals surface area contributed by atoms with E-state index in [2.05, 4.69) is 15.1 Å². The number of hydrogen-bond acceptors (Lipinski definition) is 5. The molecule has 6 nitrogen and oxygen atoms in total. The van der Waals surface area contributed by atoms with Gasteiger partial charge in [-0.25, -0.2) is 4.98 Å². The summed E-state index contributed by atoms with van der Waals surface area (Å²) >= 11 is 5.81. The first kappa shape index (κ1) is 10.6. The molecule has 0 aliphatic rings. The largest absolute Gasteiger partial charge is 0.504 e. The maximum atomic E-state index is 11.3. The molecule has 0 aliphatic carbocycles. The first-order valence-corrected chi connectivity index (χ1v) is 4.68. The van der Waals surface area contributed by atoms with E-state index in [-0.39, 0.29) is 11.0 Å². The summed E-state index contributed by atoms with van der Waals surface area (Å²) in [6.07, 6.45) is 0. The van der Waals surface area contributed by atoms with Crippen LogP contribution in [0.15, 0.2) is 16.0 Å². The lowest BCUT2D eigenvalue weighted by Crippen LogP contribution is -2.06. The van der Waals surface area contributed by atoms with Crippen molar-refractivity contribution in [2.24, 2.45) is 5.18 Å². The van der Waals surface area contributed by atoms with Crippen molar-refractivity contribution in [2.45, 2.75) is 6.92 Å². The zero-order valence-electron chi connectivity index (χ0n) is 8.11. The Kier molecular flexibility index (Phi) is 2.35. The molecule has 0 unspecified atom stereocenters. The maximum absolute atomic E-state index is 11.3. The van der Waals surface area contributed by atoms with Crippen molar-refractivity contribution >= 4 is 28.3 Å². The van der Waals surface area contributed by atoms with Crippen molar-refractivity contribution in [3.8, 4) is 5.75 Å². The van der Waals surface area contributed by atoms with E-state index in [1.165, 1.54) is 6.07 Å². The van der Waals surface area contributed by atoms with E-state index >= 15 is 0 Å². The van der Waals surface area contributed by atoms with Gasteiger partial charge in [-0.15, -0.1) is 4.91 Å². The highest BCUT2D eigenvalue weighted by Gasteiger charge is 2.14. The van der Waals surface area contributed by atoms with E-state index < -0.39 is 17.0 Å². The van der Waals surface area contributed by atoms with Crippen molar-refractivity contribution in [3.63, 3.8) is 0 Å². The second-order valence-electron chi connectivity index (χ2n) is 3.19. The molecular weight excluding hydrogens is 234 g/mol. The molecule has 16 heavy (non-hydrogen) atoms. The van der Waals surface area contributed by atoms with Gasteiger partial charge in [0.1, 0.15) is 5.52 Å². The fourth-order valence-electron chi connectivity index (χ4n) is 1.34. The van der Waals surface area contributed by atoms with Gasteiger partial charge in [0, 0.05) is 0 Å². The van der Waals surface area contributed by atoms with Crippen LogP contribution in [0.3, 0.4) is 0 Å². The predicted molar refractivity (Wildman–Crippen MR) is 59.2 cm³/mol. The molecular formula is C9H6ClN3O3. The number of aromatic nitrogens is 2. The van der Waals surface area contributed by atoms with Crippen LogP contribution in [0.25, 0.3) is 11.0 Å². The number of pyridine rings is 2. The minimum absolute atomic E-state index is 0.0936. The average molecular weight is 240 g/mol. The number of halogens is 1. The number of nitrogens with one attached hydrogen (secondary N) is 1. The number of nitrogens with zero attached hydrogens (tertiary/aromatic N) is 2. The van der Waals surface area contributed by atoms with Gasteiger partial charge in [-0.05, 0) is 18.2 Å². The summed E-state index contributed by atoms with van der Waals surface area (Å²) in [6, 6.07) is 1.45. The van der Waals surface area contributed by atoms with E-state index in [0.29, 0.717) is 10.7 Å². The van der Waals surface area contributed by atoms with E-state index in [1.807, 2.05) is 0 Å². The van der Waals surface area contributed by atoms with Gasteiger partial charge in [0.2, 0.25) is 5.69 Å². The maximum Gasteiger partial charge on any atom is 0.281 e. The Morgan fingerprint density at radius 3 is 2.88 bits per heavy atom. The quantitative estimate of drug-likeness (QED) is 0.744. The summed E-state index contributed by atoms with van der Waals surface area (Å²) in [5.41, 5.74) is -0.529. The van der Waals surface area contributed by atoms with E-state index in [9.17, 15) is 14.8 Å². The normalized spacial score (nSPS) is 10.6. The van der Waals surface area contributed by atoms with Crippen LogP contribution in [-0.2, 0) is 0 Å². The summed E-state index contributed by atoms with van der Waals surface area (Å²) < 4.78 is 0. The van der Waals surface area contributed by atoms with Crippen LogP contribution in [0.2, 0.25) is 5.02 Å². The molecule has 82 valence electrons. The number of aromatic amines is 1. The van der Waals surface area contributed by atoms with Crippen LogP contribution in [0.5, 0.6) is 5.75 Å². The van der Waals surface area contributed by atoms with Gasteiger partial charge in [-0.3, -0.25) is 4.79 Å². The van der Waals surface area contributed by atoms with Crippen molar-refractivity contribution in [2.75, 3.05) is 0 Å². The van der Waals surface area contributed by atoms with Crippen LogP contribution in [0.1, 0.15) is 5.69 Å². The zero-order valence-corrected chi connectivity index (χ0v) is 8.87. The highest BCUT2D eigenvalue weighted by Crippen LogP contribution is 2.30. The van der Waals surface area contributed by atoms with Gasteiger partial charge in [-0.1, -0.05) is 11.6 Å². The molecule has 0 aromatic carbocycles. The summed E-state index contributed by atoms with van der Waals surface area (Å²) in [6.45, 7) is 1.64. The van der Waals surface area contributed by atoms with Crippen molar-refractivity contribution in [1.82, 2.24) is 9.97 Å². The van der Waals surface area contributed by atoms with E-state index in [1.54, 1.807) is 6.92 Å². The fraction of sp³-hybridized carbons (Fsp3) is 0.111. The topological polar surface area (TPSA) is 95.4 Å². The van der Waals surface area contributed by atoms with Crippen LogP contribution in [-0.4, -0.2) is 15.1 Å². The van der Waals surface area contributed by atoms with Crippen LogP contribution in [0.4, 0.5) is 5.69 Å². The van der Waals surface area contributed by atoms with Gasteiger partial charge in [-0.2, -0.15) is 0 Å². The molecule has 7 heteroatoms. The smallest absolute Gasteiger partial charge is 0.281 e. The lowest BCUT2D eigenvalue weighted by molar-refractivity contribution is 0.480. The molecule has 0 saturated carbocycles. The zero-order chi connectivity index (χ0) is 11.9. The van der Waals surface area contributed by atoms with Gasteiger partial charge >= 0.3 is 0 Å². The summed E-state index contributed by atoms with van der Waals surface area (Å²) in [7, 11) is 0. The third-order valence-corrected chi connectivity index (χ3v) is 2.54. The Balaban J connectivity index is 2.99. The average Bonchev–Trinajstić information content (AvgIpc) is 2.22. The summed E-state index contributed by atoms with van der Waals surface area (Å²) in [4.78, 5) is 28.0. The molecule has 0 fully saturated rings. The van der Waals surface area contributed by atoms with Gasteiger partial charge in [0.15, 0.2) is 5.75 Å². The minimum atomic E-state index is -0.776. The van der Waals surface area contributed by atoms with E-state index in [4.69, 9.17) is 11.6 Å². The van der Waals surface area contributed by atoms with Gasteiger partial charge < -0.3 is 10.1 Å². The second-order valence-corrected chi connectivity index (χ2v) is 3.60. The van der Waals surface area contributed by atoms with Crippen molar-refractivity contribution < 1.29 is 5.11 Å². The number of hydrogen-bond donors (Lipinski definition) is 2. The Hall–Kier alpha value is -1.95. The number of H-pyrrole nitrogens is 1. The Morgan fingerprint density at radius 1 is 1.56 bits per heavy atom. The van der Waals surface area contributed by atoms with Crippen molar-refractivity contribution in [1.29, 1.82) is 0 Å². The third kappa shape index (κ3) is 1.43. The van der Waals surface area contributed by atoms with E-state index in [0.717, 1.165) is 0 Å². The molecule has 2 heterocycles.